The van der Waals surface area contributed by atoms with Crippen LogP contribution < -0.4 is 10.2 Å². The Kier molecular flexibility index (Phi) is 3.39. The van der Waals surface area contributed by atoms with Crippen molar-refractivity contribution < 1.29 is 8.78 Å². The molecule has 1 aliphatic rings. The predicted octanol–water partition coefficient (Wildman–Crippen LogP) is 2.15. The first-order valence-corrected chi connectivity index (χ1v) is 5.64. The Bertz CT molecular complexity index is 368. The van der Waals surface area contributed by atoms with Crippen molar-refractivity contribution in [2.45, 2.75) is 19.4 Å². The van der Waals surface area contributed by atoms with Crippen LogP contribution in [0.3, 0.4) is 0 Å². The number of nitrogens with one attached hydrogen (secondary N) is 1. The van der Waals surface area contributed by atoms with E-state index in [1.807, 2.05) is 4.90 Å². The molecular formula is C12H16F2N2. The first-order chi connectivity index (χ1) is 7.72. The highest BCUT2D eigenvalue weighted by Gasteiger charge is 2.21. The van der Waals surface area contributed by atoms with Crippen molar-refractivity contribution in [2.75, 3.05) is 24.5 Å². The van der Waals surface area contributed by atoms with Gasteiger partial charge in [0.15, 0.2) is 11.6 Å². The zero-order valence-corrected chi connectivity index (χ0v) is 9.34. The van der Waals surface area contributed by atoms with Gasteiger partial charge < -0.3 is 10.2 Å². The Morgan fingerprint density at radius 1 is 1.44 bits per heavy atom. The van der Waals surface area contributed by atoms with Gasteiger partial charge in [-0.25, -0.2) is 8.78 Å². The molecular weight excluding hydrogens is 210 g/mol. The number of piperazine rings is 1. The molecule has 1 unspecified atom stereocenters. The van der Waals surface area contributed by atoms with Gasteiger partial charge in [0, 0.05) is 25.7 Å². The minimum absolute atomic E-state index is 0.358. The van der Waals surface area contributed by atoms with Crippen molar-refractivity contribution in [1.29, 1.82) is 0 Å². The number of benzene rings is 1. The van der Waals surface area contributed by atoms with Crippen molar-refractivity contribution in [1.82, 2.24) is 5.32 Å². The molecule has 1 aromatic carbocycles. The standard InChI is InChI=1S/C12H16F2N2/c1-2-9-8-16(7-6-15-9)11-5-3-4-10(13)12(11)14/h3-5,9,15H,2,6-8H2,1H3. The van der Waals surface area contributed by atoms with Crippen LogP contribution in [0.1, 0.15) is 13.3 Å². The lowest BCUT2D eigenvalue weighted by molar-refractivity contribution is 0.438. The van der Waals surface area contributed by atoms with Crippen molar-refractivity contribution in [2.24, 2.45) is 0 Å². The molecule has 0 amide bonds. The fourth-order valence-corrected chi connectivity index (χ4v) is 2.05. The highest BCUT2D eigenvalue weighted by atomic mass is 19.2. The van der Waals surface area contributed by atoms with E-state index in [0.29, 0.717) is 11.7 Å². The van der Waals surface area contributed by atoms with Crippen LogP contribution in [0.4, 0.5) is 14.5 Å². The van der Waals surface area contributed by atoms with Crippen LogP contribution in [0.25, 0.3) is 0 Å². The number of halogens is 2. The minimum Gasteiger partial charge on any atom is -0.366 e. The maximum absolute atomic E-state index is 13.6. The van der Waals surface area contributed by atoms with E-state index < -0.39 is 11.6 Å². The van der Waals surface area contributed by atoms with Gasteiger partial charge in [0.1, 0.15) is 0 Å². The molecule has 2 rings (SSSR count). The molecule has 0 radical (unpaired) electrons. The molecule has 1 fully saturated rings. The average molecular weight is 226 g/mol. The third kappa shape index (κ3) is 2.16. The van der Waals surface area contributed by atoms with E-state index in [9.17, 15) is 8.78 Å². The summed E-state index contributed by atoms with van der Waals surface area (Å²) >= 11 is 0. The number of nitrogens with zero attached hydrogens (tertiary/aromatic N) is 1. The first-order valence-electron chi connectivity index (χ1n) is 5.64. The molecule has 1 heterocycles. The van der Waals surface area contributed by atoms with Gasteiger partial charge in [-0.05, 0) is 18.6 Å². The van der Waals surface area contributed by atoms with Crippen LogP contribution >= 0.6 is 0 Å². The van der Waals surface area contributed by atoms with E-state index in [0.717, 1.165) is 32.1 Å². The number of rotatable bonds is 2. The van der Waals surface area contributed by atoms with Gasteiger partial charge in [0.25, 0.3) is 0 Å². The lowest BCUT2D eigenvalue weighted by Gasteiger charge is -2.35. The van der Waals surface area contributed by atoms with E-state index in [4.69, 9.17) is 0 Å². The summed E-state index contributed by atoms with van der Waals surface area (Å²) in [5.41, 5.74) is 0.375. The molecule has 4 heteroatoms. The van der Waals surface area contributed by atoms with Gasteiger partial charge in [0.2, 0.25) is 0 Å². The molecule has 0 saturated carbocycles. The van der Waals surface area contributed by atoms with Gasteiger partial charge >= 0.3 is 0 Å². The zero-order chi connectivity index (χ0) is 11.5. The van der Waals surface area contributed by atoms with E-state index >= 15 is 0 Å². The van der Waals surface area contributed by atoms with Gasteiger partial charge in [-0.2, -0.15) is 0 Å². The summed E-state index contributed by atoms with van der Waals surface area (Å²) in [5.74, 6) is -1.51. The third-order valence-electron chi connectivity index (χ3n) is 3.02. The Hall–Kier alpha value is -1.16. The van der Waals surface area contributed by atoms with Crippen molar-refractivity contribution in [3.05, 3.63) is 29.8 Å². The zero-order valence-electron chi connectivity index (χ0n) is 9.34. The van der Waals surface area contributed by atoms with Gasteiger partial charge in [-0.1, -0.05) is 13.0 Å². The Labute approximate surface area is 94.3 Å². The summed E-state index contributed by atoms with van der Waals surface area (Å²) in [7, 11) is 0. The van der Waals surface area contributed by atoms with Crippen molar-refractivity contribution in [3.63, 3.8) is 0 Å². The molecule has 2 nitrogen and oxygen atoms in total. The average Bonchev–Trinajstić information content (AvgIpc) is 2.33. The first kappa shape index (κ1) is 11.3. The Morgan fingerprint density at radius 3 is 3.00 bits per heavy atom. The van der Waals surface area contributed by atoms with Gasteiger partial charge in [-0.15, -0.1) is 0 Å². The summed E-state index contributed by atoms with van der Waals surface area (Å²) in [4.78, 5) is 1.91. The van der Waals surface area contributed by atoms with Crippen LogP contribution in [0.5, 0.6) is 0 Å². The number of hydrogen-bond acceptors (Lipinski definition) is 2. The monoisotopic (exact) mass is 226 g/mol. The molecule has 1 N–H and O–H groups in total. The van der Waals surface area contributed by atoms with E-state index in [2.05, 4.69) is 12.2 Å². The lowest BCUT2D eigenvalue weighted by Crippen LogP contribution is -2.50. The Balaban J connectivity index is 2.20. The predicted molar refractivity (Wildman–Crippen MR) is 60.7 cm³/mol. The SMILES string of the molecule is CCC1CN(c2cccc(F)c2F)CCN1. The molecule has 0 bridgehead atoms. The summed E-state index contributed by atoms with van der Waals surface area (Å²) in [6, 6.07) is 4.70. The summed E-state index contributed by atoms with van der Waals surface area (Å²) in [6.45, 7) is 4.35. The molecule has 88 valence electrons. The quantitative estimate of drug-likeness (QED) is 0.831. The normalized spacial score (nSPS) is 21.2. The molecule has 0 aliphatic carbocycles. The summed E-state index contributed by atoms with van der Waals surface area (Å²) in [6.07, 6.45) is 0.993. The second kappa shape index (κ2) is 4.78. The summed E-state index contributed by atoms with van der Waals surface area (Å²) < 4.78 is 26.7. The Morgan fingerprint density at radius 2 is 2.25 bits per heavy atom. The molecule has 0 aromatic heterocycles. The minimum atomic E-state index is -0.774. The van der Waals surface area contributed by atoms with E-state index in [1.165, 1.54) is 0 Å². The van der Waals surface area contributed by atoms with Gasteiger partial charge in [0.05, 0.1) is 5.69 Å². The van der Waals surface area contributed by atoms with E-state index in [1.54, 1.807) is 12.1 Å². The smallest absolute Gasteiger partial charge is 0.182 e. The molecule has 1 aliphatic heterocycles. The molecule has 0 spiro atoms. The second-order valence-corrected chi connectivity index (χ2v) is 4.08. The highest BCUT2D eigenvalue weighted by molar-refractivity contribution is 5.48. The maximum atomic E-state index is 13.6. The molecule has 1 saturated heterocycles. The van der Waals surface area contributed by atoms with E-state index in [-0.39, 0.29) is 0 Å². The lowest BCUT2D eigenvalue weighted by atomic mass is 10.1. The van der Waals surface area contributed by atoms with Crippen LogP contribution in [0, 0.1) is 11.6 Å². The fraction of sp³-hybridized carbons (Fsp3) is 0.500. The highest BCUT2D eigenvalue weighted by Crippen LogP contribution is 2.22. The topological polar surface area (TPSA) is 15.3 Å². The second-order valence-electron chi connectivity index (χ2n) is 4.08. The van der Waals surface area contributed by atoms with Crippen molar-refractivity contribution in [3.8, 4) is 0 Å². The molecule has 1 aromatic rings. The molecule has 1 atom stereocenters. The van der Waals surface area contributed by atoms with Crippen LogP contribution in [0.2, 0.25) is 0 Å². The number of hydrogen-bond donors (Lipinski definition) is 1. The van der Waals surface area contributed by atoms with Gasteiger partial charge in [-0.3, -0.25) is 0 Å². The van der Waals surface area contributed by atoms with Crippen molar-refractivity contribution >= 4 is 5.69 Å². The molecule has 16 heavy (non-hydrogen) atoms. The number of anilines is 1. The van der Waals surface area contributed by atoms with Crippen LogP contribution in [0.15, 0.2) is 18.2 Å². The fourth-order valence-electron chi connectivity index (χ4n) is 2.05. The van der Waals surface area contributed by atoms with Crippen LogP contribution in [-0.4, -0.2) is 25.7 Å². The largest absolute Gasteiger partial charge is 0.366 e. The third-order valence-corrected chi connectivity index (χ3v) is 3.02. The van der Waals surface area contributed by atoms with Crippen LogP contribution in [-0.2, 0) is 0 Å². The summed E-state index contributed by atoms with van der Waals surface area (Å²) in [5, 5.41) is 3.34. The maximum Gasteiger partial charge on any atom is 0.182 e.